The molecule has 0 bridgehead atoms. The third-order valence-corrected chi connectivity index (χ3v) is 3.83. The monoisotopic (exact) mass is 310 g/mol. The van der Waals surface area contributed by atoms with E-state index in [0.29, 0.717) is 0 Å². The maximum atomic E-state index is 12.2. The van der Waals surface area contributed by atoms with Crippen LogP contribution in [0.25, 0.3) is 0 Å². The first-order valence-electron chi connectivity index (χ1n) is 5.55. The highest BCUT2D eigenvalue weighted by molar-refractivity contribution is 7.90. The van der Waals surface area contributed by atoms with Crippen molar-refractivity contribution in [3.05, 3.63) is 29.8 Å². The summed E-state index contributed by atoms with van der Waals surface area (Å²) in [5, 5.41) is 2.06. The molecule has 112 valence electrons. The average molecular weight is 310 g/mol. The highest BCUT2D eigenvalue weighted by Gasteiger charge is 2.28. The number of aryl methyl sites for hydroxylation is 1. The molecule has 5 nitrogen and oxygen atoms in total. The fourth-order valence-corrected chi connectivity index (χ4v) is 2.71. The highest BCUT2D eigenvalue weighted by Crippen LogP contribution is 2.24. The third-order valence-electron chi connectivity index (χ3n) is 2.39. The number of alkyl halides is 3. The van der Waals surface area contributed by atoms with E-state index in [4.69, 9.17) is 0 Å². The van der Waals surface area contributed by atoms with Gasteiger partial charge in [-0.2, -0.15) is 13.2 Å². The summed E-state index contributed by atoms with van der Waals surface area (Å²) in [7, 11) is -2.98. The van der Waals surface area contributed by atoms with E-state index >= 15 is 0 Å². The number of hydrogen-bond acceptors (Lipinski definition) is 3. The Bertz CT molecular complexity index is 585. The number of sulfonamides is 1. The topological polar surface area (TPSA) is 75.3 Å². The molecule has 1 aromatic carbocycles. The number of urea groups is 1. The van der Waals surface area contributed by atoms with Gasteiger partial charge in [0.1, 0.15) is 0 Å². The van der Waals surface area contributed by atoms with Gasteiger partial charge in [0.25, 0.3) is 10.0 Å². The van der Waals surface area contributed by atoms with E-state index in [1.165, 1.54) is 25.2 Å². The number of benzene rings is 1. The minimum atomic E-state index is -4.38. The average Bonchev–Trinajstić information content (AvgIpc) is 2.35. The van der Waals surface area contributed by atoms with Crippen molar-refractivity contribution in [3.8, 4) is 0 Å². The quantitative estimate of drug-likeness (QED) is 0.890. The maximum absolute atomic E-state index is 12.2. The summed E-state index contributed by atoms with van der Waals surface area (Å²) in [6, 6.07) is 4.27. The van der Waals surface area contributed by atoms with Crippen molar-refractivity contribution < 1.29 is 26.4 Å². The lowest BCUT2D eigenvalue weighted by Gasteiger charge is -2.12. The van der Waals surface area contributed by atoms with E-state index in [1.807, 2.05) is 0 Å². The Balaban J connectivity index is 3.03. The van der Waals surface area contributed by atoms with Crippen LogP contribution in [0.1, 0.15) is 12.0 Å². The number of halogens is 3. The lowest BCUT2D eigenvalue weighted by Crippen LogP contribution is -2.37. The molecule has 0 saturated carbocycles. The lowest BCUT2D eigenvalue weighted by molar-refractivity contribution is -0.134. The molecule has 0 aliphatic rings. The van der Waals surface area contributed by atoms with Crippen molar-refractivity contribution in [2.75, 3.05) is 7.05 Å². The Hall–Kier alpha value is -1.77. The third kappa shape index (κ3) is 4.72. The van der Waals surface area contributed by atoms with E-state index in [2.05, 4.69) is 5.32 Å². The van der Waals surface area contributed by atoms with Crippen molar-refractivity contribution in [3.63, 3.8) is 0 Å². The van der Waals surface area contributed by atoms with Crippen LogP contribution < -0.4 is 10.0 Å². The first-order chi connectivity index (χ1) is 9.15. The van der Waals surface area contributed by atoms with Gasteiger partial charge in [-0.15, -0.1) is 0 Å². The first kappa shape index (κ1) is 16.3. The van der Waals surface area contributed by atoms with Gasteiger partial charge in [0.05, 0.1) is 4.90 Å². The first-order valence-corrected chi connectivity index (χ1v) is 7.03. The van der Waals surface area contributed by atoms with E-state index < -0.39 is 35.1 Å². The molecule has 0 atom stereocenters. The zero-order valence-electron chi connectivity index (χ0n) is 10.5. The van der Waals surface area contributed by atoms with Gasteiger partial charge >= 0.3 is 12.2 Å². The second-order valence-corrected chi connectivity index (χ2v) is 5.56. The Kier molecular flexibility index (Phi) is 4.98. The number of carbonyl (C=O) groups is 1. The van der Waals surface area contributed by atoms with Crippen molar-refractivity contribution in [1.82, 2.24) is 10.0 Å². The van der Waals surface area contributed by atoms with Gasteiger partial charge in [-0.25, -0.2) is 17.9 Å². The fraction of sp³-hybridized carbons (Fsp3) is 0.364. The maximum Gasteiger partial charge on any atom is 0.389 e. The smallest absolute Gasteiger partial charge is 0.340 e. The van der Waals surface area contributed by atoms with Gasteiger partial charge in [-0.3, -0.25) is 0 Å². The predicted octanol–water partition coefficient (Wildman–Crippen LogP) is 1.80. The lowest BCUT2D eigenvalue weighted by atomic mass is 10.1. The summed E-state index contributed by atoms with van der Waals surface area (Å²) >= 11 is 0. The van der Waals surface area contributed by atoms with Crippen LogP contribution in [0.5, 0.6) is 0 Å². The zero-order valence-corrected chi connectivity index (χ0v) is 11.3. The van der Waals surface area contributed by atoms with Crippen LogP contribution in [0.15, 0.2) is 29.2 Å². The largest absolute Gasteiger partial charge is 0.389 e. The fourth-order valence-electron chi connectivity index (χ4n) is 1.48. The molecular weight excluding hydrogens is 297 g/mol. The summed E-state index contributed by atoms with van der Waals surface area (Å²) in [5.41, 5.74) is 0.00114. The van der Waals surface area contributed by atoms with Gasteiger partial charge < -0.3 is 5.32 Å². The Morgan fingerprint density at radius 2 is 1.85 bits per heavy atom. The van der Waals surface area contributed by atoms with E-state index in [9.17, 15) is 26.4 Å². The molecule has 2 N–H and O–H groups in total. The number of hydrogen-bond donors (Lipinski definition) is 2. The van der Waals surface area contributed by atoms with Crippen LogP contribution in [0.2, 0.25) is 0 Å². The molecule has 0 unspecified atom stereocenters. The van der Waals surface area contributed by atoms with Gasteiger partial charge in [0.2, 0.25) is 0 Å². The van der Waals surface area contributed by atoms with Crippen LogP contribution in [0.3, 0.4) is 0 Å². The normalized spacial score (nSPS) is 12.0. The molecule has 9 heteroatoms. The Morgan fingerprint density at radius 1 is 1.25 bits per heavy atom. The van der Waals surface area contributed by atoms with Crippen LogP contribution in [0.4, 0.5) is 18.0 Å². The summed E-state index contributed by atoms with van der Waals surface area (Å²) in [6.45, 7) is 0. The summed E-state index contributed by atoms with van der Waals surface area (Å²) in [5.74, 6) is 0. The molecule has 0 fully saturated rings. The van der Waals surface area contributed by atoms with Crippen LogP contribution in [-0.2, 0) is 16.4 Å². The number of amides is 2. The number of carbonyl (C=O) groups excluding carboxylic acids is 1. The van der Waals surface area contributed by atoms with E-state index in [1.54, 1.807) is 4.72 Å². The van der Waals surface area contributed by atoms with Crippen molar-refractivity contribution in [1.29, 1.82) is 0 Å². The van der Waals surface area contributed by atoms with Crippen LogP contribution in [0, 0.1) is 0 Å². The van der Waals surface area contributed by atoms with Crippen molar-refractivity contribution in [2.24, 2.45) is 0 Å². The van der Waals surface area contributed by atoms with E-state index in [0.717, 1.165) is 6.07 Å². The second kappa shape index (κ2) is 6.12. The minimum Gasteiger partial charge on any atom is -0.340 e. The molecule has 0 saturated heterocycles. The number of nitrogens with one attached hydrogen (secondary N) is 2. The SMILES string of the molecule is CNC(=O)NS(=O)(=O)c1ccccc1CCC(F)(F)F. The summed E-state index contributed by atoms with van der Waals surface area (Å²) < 4.78 is 62.1. The van der Waals surface area contributed by atoms with Crippen LogP contribution >= 0.6 is 0 Å². The molecule has 0 heterocycles. The van der Waals surface area contributed by atoms with Crippen molar-refractivity contribution >= 4 is 16.1 Å². The van der Waals surface area contributed by atoms with Crippen molar-refractivity contribution in [2.45, 2.75) is 23.9 Å². The molecule has 20 heavy (non-hydrogen) atoms. The molecule has 0 aliphatic heterocycles. The molecule has 2 amide bonds. The predicted molar refractivity (Wildman–Crippen MR) is 65.6 cm³/mol. The van der Waals surface area contributed by atoms with Gasteiger partial charge in [0, 0.05) is 13.5 Å². The highest BCUT2D eigenvalue weighted by atomic mass is 32.2. The van der Waals surface area contributed by atoms with Gasteiger partial charge in [-0.05, 0) is 18.1 Å². The minimum absolute atomic E-state index is 0.00114. The second-order valence-electron chi connectivity index (χ2n) is 3.91. The summed E-state index contributed by atoms with van der Waals surface area (Å²) in [4.78, 5) is 10.7. The Labute approximate surface area is 114 Å². The Morgan fingerprint density at radius 3 is 2.40 bits per heavy atom. The molecule has 0 spiro atoms. The van der Waals surface area contributed by atoms with Gasteiger partial charge in [-0.1, -0.05) is 18.2 Å². The van der Waals surface area contributed by atoms with E-state index in [-0.39, 0.29) is 10.5 Å². The molecule has 0 radical (unpaired) electrons. The molecular formula is C11H13F3N2O3S. The summed E-state index contributed by atoms with van der Waals surface area (Å²) in [6.07, 6.45) is -6.00. The zero-order chi connectivity index (χ0) is 15.4. The molecule has 0 aliphatic carbocycles. The van der Waals surface area contributed by atoms with Crippen LogP contribution in [-0.4, -0.2) is 27.7 Å². The molecule has 0 aromatic heterocycles. The standard InChI is InChI=1S/C11H13F3N2O3S/c1-15-10(17)16-20(18,19)9-5-3-2-4-8(9)6-7-11(12,13)14/h2-5H,6-7H2,1H3,(H2,15,16,17). The van der Waals surface area contributed by atoms with Gasteiger partial charge in [0.15, 0.2) is 0 Å². The number of rotatable bonds is 4. The molecule has 1 rings (SSSR count). The molecule has 1 aromatic rings.